The first-order valence-electron chi connectivity index (χ1n) is 6.20. The largest absolute Gasteiger partial charge is 0.368 e. The zero-order valence-corrected chi connectivity index (χ0v) is 10.6. The van der Waals surface area contributed by atoms with Crippen molar-refractivity contribution in [1.29, 1.82) is 0 Å². The lowest BCUT2D eigenvalue weighted by Gasteiger charge is -2.20. The molecule has 5 heteroatoms. The van der Waals surface area contributed by atoms with Crippen molar-refractivity contribution in [3.63, 3.8) is 0 Å². The molecule has 1 aliphatic rings. The van der Waals surface area contributed by atoms with Crippen molar-refractivity contribution in [3.8, 4) is 0 Å². The number of aliphatic imine (C=N–C) groups is 1. The Morgan fingerprint density at radius 1 is 1.50 bits per heavy atom. The number of hydroxylamine groups is 1. The van der Waals surface area contributed by atoms with Gasteiger partial charge < -0.3 is 5.73 Å². The molecule has 1 heterocycles. The molecule has 1 fully saturated rings. The highest BCUT2D eigenvalue weighted by Crippen LogP contribution is 2.22. The van der Waals surface area contributed by atoms with E-state index in [0.29, 0.717) is 6.04 Å². The SMILES string of the molecule is CC1CC(N=C(N)NO)CN1Cc1ccccc1. The Morgan fingerprint density at radius 2 is 2.22 bits per heavy atom. The number of nitrogens with zero attached hydrogens (tertiary/aromatic N) is 2. The van der Waals surface area contributed by atoms with Crippen LogP contribution in [0.4, 0.5) is 0 Å². The minimum Gasteiger partial charge on any atom is -0.368 e. The van der Waals surface area contributed by atoms with Crippen molar-refractivity contribution < 1.29 is 5.21 Å². The van der Waals surface area contributed by atoms with Crippen LogP contribution < -0.4 is 11.2 Å². The highest BCUT2D eigenvalue weighted by atomic mass is 16.5. The molecule has 18 heavy (non-hydrogen) atoms. The van der Waals surface area contributed by atoms with Crippen molar-refractivity contribution in [3.05, 3.63) is 35.9 Å². The first kappa shape index (κ1) is 12.9. The molecule has 0 aliphatic carbocycles. The summed E-state index contributed by atoms with van der Waals surface area (Å²) in [4.78, 5) is 6.61. The highest BCUT2D eigenvalue weighted by molar-refractivity contribution is 5.76. The molecule has 0 saturated carbocycles. The number of nitrogens with two attached hydrogens (primary N) is 1. The van der Waals surface area contributed by atoms with Gasteiger partial charge in [-0.25, -0.2) is 10.5 Å². The molecule has 0 amide bonds. The number of guanidine groups is 1. The Labute approximate surface area is 107 Å². The van der Waals surface area contributed by atoms with Gasteiger partial charge in [0, 0.05) is 19.1 Å². The number of likely N-dealkylation sites (tertiary alicyclic amines) is 1. The van der Waals surface area contributed by atoms with Crippen LogP contribution in [-0.4, -0.2) is 34.7 Å². The highest BCUT2D eigenvalue weighted by Gasteiger charge is 2.28. The van der Waals surface area contributed by atoms with Crippen LogP contribution in [0, 0.1) is 0 Å². The van der Waals surface area contributed by atoms with E-state index in [4.69, 9.17) is 10.9 Å². The maximum Gasteiger partial charge on any atom is 0.213 e. The Balaban J connectivity index is 1.95. The number of hydrogen-bond acceptors (Lipinski definition) is 3. The molecule has 0 radical (unpaired) electrons. The summed E-state index contributed by atoms with van der Waals surface area (Å²) in [6, 6.07) is 11.0. The summed E-state index contributed by atoms with van der Waals surface area (Å²) in [5, 5.41) is 8.64. The van der Waals surface area contributed by atoms with E-state index in [0.717, 1.165) is 19.5 Å². The molecule has 2 rings (SSSR count). The number of benzene rings is 1. The fourth-order valence-electron chi connectivity index (χ4n) is 2.43. The normalized spacial score (nSPS) is 25.3. The molecular formula is C13H20N4O. The topological polar surface area (TPSA) is 73.9 Å². The third-order valence-electron chi connectivity index (χ3n) is 3.35. The summed E-state index contributed by atoms with van der Waals surface area (Å²) in [5.74, 6) is 0.0914. The Kier molecular flexibility index (Phi) is 4.17. The van der Waals surface area contributed by atoms with Crippen molar-refractivity contribution in [2.75, 3.05) is 6.54 Å². The van der Waals surface area contributed by atoms with Gasteiger partial charge in [-0.05, 0) is 18.9 Å². The fraction of sp³-hybridized carbons (Fsp3) is 0.462. The summed E-state index contributed by atoms with van der Waals surface area (Å²) < 4.78 is 0. The number of rotatable bonds is 3. The molecular weight excluding hydrogens is 228 g/mol. The first-order chi connectivity index (χ1) is 8.69. The van der Waals surface area contributed by atoms with E-state index in [2.05, 4.69) is 41.1 Å². The van der Waals surface area contributed by atoms with E-state index in [1.807, 2.05) is 11.5 Å². The second-order valence-electron chi connectivity index (χ2n) is 4.78. The third-order valence-corrected chi connectivity index (χ3v) is 3.35. The van der Waals surface area contributed by atoms with Crippen molar-refractivity contribution in [2.24, 2.45) is 10.7 Å². The summed E-state index contributed by atoms with van der Waals surface area (Å²) in [6.07, 6.45) is 0.967. The van der Waals surface area contributed by atoms with Gasteiger partial charge in [-0.1, -0.05) is 30.3 Å². The molecule has 0 bridgehead atoms. The van der Waals surface area contributed by atoms with Gasteiger partial charge in [-0.15, -0.1) is 0 Å². The van der Waals surface area contributed by atoms with E-state index in [1.165, 1.54) is 5.56 Å². The van der Waals surface area contributed by atoms with Gasteiger partial charge in [-0.2, -0.15) is 0 Å². The fourth-order valence-corrected chi connectivity index (χ4v) is 2.43. The van der Waals surface area contributed by atoms with Gasteiger partial charge >= 0.3 is 0 Å². The van der Waals surface area contributed by atoms with E-state index >= 15 is 0 Å². The molecule has 1 aromatic carbocycles. The molecule has 2 atom stereocenters. The van der Waals surface area contributed by atoms with E-state index < -0.39 is 0 Å². The number of hydrogen-bond donors (Lipinski definition) is 3. The van der Waals surface area contributed by atoms with E-state index in [9.17, 15) is 0 Å². The quantitative estimate of drug-likeness (QED) is 0.423. The van der Waals surface area contributed by atoms with Crippen LogP contribution in [0.15, 0.2) is 35.3 Å². The smallest absolute Gasteiger partial charge is 0.213 e. The Bertz CT molecular complexity index is 407. The lowest BCUT2D eigenvalue weighted by Crippen LogP contribution is -2.31. The van der Waals surface area contributed by atoms with Crippen LogP contribution in [0.3, 0.4) is 0 Å². The monoisotopic (exact) mass is 248 g/mol. The van der Waals surface area contributed by atoms with Crippen molar-refractivity contribution >= 4 is 5.96 Å². The molecule has 1 saturated heterocycles. The second-order valence-corrected chi connectivity index (χ2v) is 4.78. The van der Waals surface area contributed by atoms with Gasteiger partial charge in [0.1, 0.15) is 0 Å². The molecule has 0 spiro atoms. The zero-order chi connectivity index (χ0) is 13.0. The minimum absolute atomic E-state index is 0.0914. The molecule has 0 aromatic heterocycles. The lowest BCUT2D eigenvalue weighted by atomic mass is 10.2. The molecule has 1 aliphatic heterocycles. The lowest BCUT2D eigenvalue weighted by molar-refractivity contribution is 0.231. The van der Waals surface area contributed by atoms with Gasteiger partial charge in [-0.3, -0.25) is 10.1 Å². The standard InChI is InChI=1S/C13H20N4O/c1-10-7-12(15-13(14)16-18)9-17(10)8-11-5-3-2-4-6-11/h2-6,10,12,18H,7-9H2,1H3,(H3,14,15,16). The van der Waals surface area contributed by atoms with Crippen molar-refractivity contribution in [2.45, 2.75) is 32.0 Å². The summed E-state index contributed by atoms with van der Waals surface area (Å²) in [6.45, 7) is 4.00. The predicted molar refractivity (Wildman–Crippen MR) is 71.3 cm³/mol. The van der Waals surface area contributed by atoms with Crippen LogP contribution in [-0.2, 0) is 6.54 Å². The average Bonchev–Trinajstić information content (AvgIpc) is 2.71. The van der Waals surface area contributed by atoms with Crippen LogP contribution in [0.2, 0.25) is 0 Å². The minimum atomic E-state index is 0.0914. The maximum absolute atomic E-state index is 8.64. The van der Waals surface area contributed by atoms with Crippen LogP contribution >= 0.6 is 0 Å². The van der Waals surface area contributed by atoms with Gasteiger partial charge in [0.15, 0.2) is 0 Å². The van der Waals surface area contributed by atoms with E-state index in [-0.39, 0.29) is 12.0 Å². The third kappa shape index (κ3) is 3.21. The van der Waals surface area contributed by atoms with Crippen molar-refractivity contribution in [1.82, 2.24) is 10.4 Å². The Hall–Kier alpha value is -1.59. The van der Waals surface area contributed by atoms with Gasteiger partial charge in [0.05, 0.1) is 6.04 Å². The summed E-state index contributed by atoms with van der Waals surface area (Å²) in [5.41, 5.74) is 8.65. The van der Waals surface area contributed by atoms with E-state index in [1.54, 1.807) is 0 Å². The molecule has 5 nitrogen and oxygen atoms in total. The van der Waals surface area contributed by atoms with Crippen LogP contribution in [0.1, 0.15) is 18.9 Å². The zero-order valence-electron chi connectivity index (χ0n) is 10.6. The average molecular weight is 248 g/mol. The van der Waals surface area contributed by atoms with Crippen LogP contribution in [0.5, 0.6) is 0 Å². The maximum atomic E-state index is 8.64. The molecule has 2 unspecified atom stereocenters. The Morgan fingerprint density at radius 3 is 2.89 bits per heavy atom. The summed E-state index contributed by atoms with van der Waals surface area (Å²) in [7, 11) is 0. The summed E-state index contributed by atoms with van der Waals surface area (Å²) >= 11 is 0. The van der Waals surface area contributed by atoms with Crippen LogP contribution in [0.25, 0.3) is 0 Å². The molecule has 4 N–H and O–H groups in total. The second kappa shape index (κ2) is 5.84. The molecule has 98 valence electrons. The first-order valence-corrected chi connectivity index (χ1v) is 6.20. The van der Waals surface area contributed by atoms with Gasteiger partial charge in [0.2, 0.25) is 5.96 Å². The van der Waals surface area contributed by atoms with Gasteiger partial charge in [0.25, 0.3) is 0 Å². The number of nitrogens with one attached hydrogen (secondary N) is 1. The molecule has 1 aromatic rings. The predicted octanol–water partition coefficient (Wildman–Crippen LogP) is 0.943.